The number of fused-ring (bicyclic) bond motifs is 2. The first kappa shape index (κ1) is 22.5. The number of hydrogen-bond donors (Lipinski definition) is 1. The second-order valence-electron chi connectivity index (χ2n) is 9.74. The smallest absolute Gasteiger partial charge is 0.251 e. The zero-order valence-electron chi connectivity index (χ0n) is 19.3. The molecular formula is C29H26F2N2OS. The van der Waals surface area contributed by atoms with Gasteiger partial charge in [0.1, 0.15) is 0 Å². The molecule has 3 aromatic carbocycles. The van der Waals surface area contributed by atoms with E-state index in [0.29, 0.717) is 24.3 Å². The van der Waals surface area contributed by atoms with Crippen molar-refractivity contribution in [3.63, 3.8) is 0 Å². The largest absolute Gasteiger partial charge is 0.349 e. The highest BCUT2D eigenvalue weighted by Gasteiger charge is 2.35. The van der Waals surface area contributed by atoms with Crippen LogP contribution in [0.15, 0.2) is 81.5 Å². The van der Waals surface area contributed by atoms with Gasteiger partial charge in [-0.15, -0.1) is 0 Å². The van der Waals surface area contributed by atoms with Crippen LogP contribution >= 0.6 is 11.8 Å². The van der Waals surface area contributed by atoms with Gasteiger partial charge in [-0.2, -0.15) is 0 Å². The summed E-state index contributed by atoms with van der Waals surface area (Å²) >= 11 is 1.65. The molecule has 2 saturated carbocycles. The molecule has 6 rings (SSSR count). The SMILES string of the molecule is O=C(NC1CCC(F)(F)CC1)c1ccc2c(c1)N=C(c1ccc(C3CC3)cc1)c1ccccc1S2. The maximum absolute atomic E-state index is 13.5. The molecule has 0 atom stereocenters. The number of alkyl halides is 2. The van der Waals surface area contributed by atoms with Gasteiger partial charge < -0.3 is 5.32 Å². The number of carbonyl (C=O) groups excluding carboxylic acids is 1. The zero-order valence-corrected chi connectivity index (χ0v) is 20.1. The molecule has 3 nitrogen and oxygen atoms in total. The van der Waals surface area contributed by atoms with Crippen molar-refractivity contribution in [1.29, 1.82) is 0 Å². The fourth-order valence-electron chi connectivity index (χ4n) is 4.89. The fraction of sp³-hybridized carbons (Fsp3) is 0.310. The molecule has 2 aliphatic carbocycles. The van der Waals surface area contributed by atoms with E-state index >= 15 is 0 Å². The van der Waals surface area contributed by atoms with Gasteiger partial charge >= 0.3 is 0 Å². The minimum atomic E-state index is -2.61. The van der Waals surface area contributed by atoms with Gasteiger partial charge in [-0.3, -0.25) is 4.79 Å². The highest BCUT2D eigenvalue weighted by Crippen LogP contribution is 2.43. The first-order valence-corrected chi connectivity index (χ1v) is 13.1. The molecule has 0 unspecified atom stereocenters. The van der Waals surface area contributed by atoms with Crippen LogP contribution in [0.4, 0.5) is 14.5 Å². The van der Waals surface area contributed by atoms with Gasteiger partial charge in [0.15, 0.2) is 0 Å². The van der Waals surface area contributed by atoms with E-state index in [1.165, 1.54) is 18.4 Å². The monoisotopic (exact) mass is 488 g/mol. The number of nitrogens with zero attached hydrogens (tertiary/aromatic N) is 1. The van der Waals surface area contributed by atoms with Crippen molar-refractivity contribution in [3.05, 3.63) is 89.0 Å². The third-order valence-corrected chi connectivity index (χ3v) is 8.24. The third kappa shape index (κ3) is 4.76. The second-order valence-corrected chi connectivity index (χ2v) is 10.8. The van der Waals surface area contributed by atoms with Crippen LogP contribution < -0.4 is 5.32 Å². The molecule has 0 saturated heterocycles. The van der Waals surface area contributed by atoms with Gasteiger partial charge in [-0.25, -0.2) is 13.8 Å². The summed E-state index contributed by atoms with van der Waals surface area (Å²) in [4.78, 5) is 20.1. The molecule has 1 amide bonds. The normalized spacial score (nSPS) is 19.2. The summed E-state index contributed by atoms with van der Waals surface area (Å²) in [6, 6.07) is 22.3. The molecule has 0 aromatic heterocycles. The van der Waals surface area contributed by atoms with Crippen molar-refractivity contribution in [3.8, 4) is 0 Å². The van der Waals surface area contributed by atoms with E-state index < -0.39 is 5.92 Å². The Bertz CT molecular complexity index is 1300. The zero-order chi connectivity index (χ0) is 24.0. The molecule has 0 radical (unpaired) electrons. The standard InChI is InChI=1S/C29H26F2N2OS/c30-29(31)15-13-22(14-16-29)32-28(34)21-11-12-26-24(17-21)33-27(23-3-1-2-4-25(23)35-26)20-9-7-19(8-10-20)18-5-6-18/h1-4,7-12,17-18,22H,5-6,13-16H2,(H,32,34). The second kappa shape index (κ2) is 8.90. The Hall–Kier alpha value is -2.99. The van der Waals surface area contributed by atoms with E-state index in [-0.39, 0.29) is 24.8 Å². The highest BCUT2D eigenvalue weighted by molar-refractivity contribution is 7.99. The van der Waals surface area contributed by atoms with Gasteiger partial charge in [0.2, 0.25) is 5.92 Å². The first-order chi connectivity index (χ1) is 16.9. The number of benzene rings is 3. The molecule has 0 bridgehead atoms. The maximum Gasteiger partial charge on any atom is 0.251 e. The molecule has 1 heterocycles. The lowest BCUT2D eigenvalue weighted by Crippen LogP contribution is -2.40. The molecule has 6 heteroatoms. The van der Waals surface area contributed by atoms with Crippen molar-refractivity contribution in [2.75, 3.05) is 0 Å². The van der Waals surface area contributed by atoms with Crippen molar-refractivity contribution >= 4 is 29.1 Å². The Kier molecular flexibility index (Phi) is 5.72. The number of amides is 1. The lowest BCUT2D eigenvalue weighted by molar-refractivity contribution is -0.0399. The fourth-order valence-corrected chi connectivity index (χ4v) is 5.89. The third-order valence-electron chi connectivity index (χ3n) is 7.10. The summed E-state index contributed by atoms with van der Waals surface area (Å²) in [5.41, 5.74) is 5.64. The maximum atomic E-state index is 13.5. The van der Waals surface area contributed by atoms with E-state index in [0.717, 1.165) is 32.3 Å². The average Bonchev–Trinajstić information content (AvgIpc) is 3.72. The molecule has 1 N–H and O–H groups in total. The van der Waals surface area contributed by atoms with Crippen LogP contribution in [0, 0.1) is 0 Å². The van der Waals surface area contributed by atoms with Crippen LogP contribution in [-0.2, 0) is 0 Å². The van der Waals surface area contributed by atoms with Crippen molar-refractivity contribution in [1.82, 2.24) is 5.32 Å². The number of nitrogens with one attached hydrogen (secondary N) is 1. The van der Waals surface area contributed by atoms with Gasteiger partial charge in [-0.1, -0.05) is 54.2 Å². The van der Waals surface area contributed by atoms with Crippen LogP contribution in [0.25, 0.3) is 0 Å². The summed E-state index contributed by atoms with van der Waals surface area (Å²) in [7, 11) is 0. The van der Waals surface area contributed by atoms with Crippen LogP contribution in [0.1, 0.15) is 71.5 Å². The molecule has 1 aliphatic heterocycles. The minimum absolute atomic E-state index is 0.176. The molecular weight excluding hydrogens is 462 g/mol. The number of rotatable bonds is 4. The predicted molar refractivity (Wildman–Crippen MR) is 135 cm³/mol. The molecule has 3 aromatic rings. The van der Waals surface area contributed by atoms with Crippen LogP contribution in [0.3, 0.4) is 0 Å². The summed E-state index contributed by atoms with van der Waals surface area (Å²) < 4.78 is 27.0. The van der Waals surface area contributed by atoms with E-state index in [1.54, 1.807) is 17.8 Å². The summed E-state index contributed by atoms with van der Waals surface area (Å²) in [5.74, 6) is -2.15. The van der Waals surface area contributed by atoms with Crippen LogP contribution in [0.2, 0.25) is 0 Å². The van der Waals surface area contributed by atoms with E-state index in [4.69, 9.17) is 4.99 Å². The van der Waals surface area contributed by atoms with Gasteiger partial charge in [0.25, 0.3) is 5.91 Å². The first-order valence-electron chi connectivity index (χ1n) is 12.2. The number of hydrogen-bond acceptors (Lipinski definition) is 3. The number of aliphatic imine (C=N–C) groups is 1. The highest BCUT2D eigenvalue weighted by atomic mass is 32.2. The van der Waals surface area contributed by atoms with Gasteiger partial charge in [-0.05, 0) is 61.4 Å². The molecule has 35 heavy (non-hydrogen) atoms. The van der Waals surface area contributed by atoms with E-state index in [2.05, 4.69) is 41.7 Å². The molecule has 178 valence electrons. The van der Waals surface area contributed by atoms with Gasteiger partial charge in [0.05, 0.1) is 11.4 Å². The Labute approximate surface area is 208 Å². The summed E-state index contributed by atoms with van der Waals surface area (Å²) in [5, 5.41) is 2.95. The van der Waals surface area contributed by atoms with Gasteiger partial charge in [0, 0.05) is 45.4 Å². The molecule has 2 fully saturated rings. The van der Waals surface area contributed by atoms with Crippen LogP contribution in [0.5, 0.6) is 0 Å². The molecule has 3 aliphatic rings. The Balaban J connectivity index is 1.32. The van der Waals surface area contributed by atoms with Crippen molar-refractivity contribution in [2.24, 2.45) is 4.99 Å². The average molecular weight is 489 g/mol. The minimum Gasteiger partial charge on any atom is -0.349 e. The molecule has 0 spiro atoms. The lowest BCUT2D eigenvalue weighted by atomic mass is 9.92. The summed E-state index contributed by atoms with van der Waals surface area (Å²) in [6.07, 6.45) is 2.78. The topological polar surface area (TPSA) is 41.5 Å². The number of carbonyl (C=O) groups is 1. The van der Waals surface area contributed by atoms with E-state index in [9.17, 15) is 13.6 Å². The van der Waals surface area contributed by atoms with Crippen molar-refractivity contribution < 1.29 is 13.6 Å². The lowest BCUT2D eigenvalue weighted by Gasteiger charge is -2.28. The quantitative estimate of drug-likeness (QED) is 0.323. The summed E-state index contributed by atoms with van der Waals surface area (Å²) in [6.45, 7) is 0. The predicted octanol–water partition coefficient (Wildman–Crippen LogP) is 7.51. The van der Waals surface area contributed by atoms with Crippen molar-refractivity contribution in [2.45, 2.75) is 66.2 Å². The Morgan fingerprint density at radius 3 is 2.40 bits per heavy atom. The Morgan fingerprint density at radius 1 is 0.914 bits per heavy atom. The van der Waals surface area contributed by atoms with E-state index in [1.807, 2.05) is 24.3 Å². The number of halogens is 2. The Morgan fingerprint density at radius 2 is 1.66 bits per heavy atom. The van der Waals surface area contributed by atoms with Crippen LogP contribution in [-0.4, -0.2) is 23.6 Å².